The maximum absolute atomic E-state index is 11.6. The smallest absolute Gasteiger partial charge is 0.226 e. The molecule has 1 aromatic rings. The number of anilines is 2. The molecule has 1 aromatic carbocycles. The summed E-state index contributed by atoms with van der Waals surface area (Å²) in [6, 6.07) is 5.88. The molecule has 0 atom stereocenters. The van der Waals surface area contributed by atoms with Gasteiger partial charge in [0, 0.05) is 28.6 Å². The van der Waals surface area contributed by atoms with Crippen molar-refractivity contribution in [3.8, 4) is 0 Å². The summed E-state index contributed by atoms with van der Waals surface area (Å²) in [7, 11) is 0. The van der Waals surface area contributed by atoms with E-state index in [1.54, 1.807) is 0 Å². The molecule has 0 fully saturated rings. The van der Waals surface area contributed by atoms with Crippen molar-refractivity contribution < 1.29 is 4.79 Å². The Bertz CT molecular complexity index is 541. The number of hydrogen-bond donors (Lipinski definition) is 2. The van der Waals surface area contributed by atoms with Crippen molar-refractivity contribution in [1.29, 1.82) is 0 Å². The summed E-state index contributed by atoms with van der Waals surface area (Å²) in [4.78, 5) is 11.6. The van der Waals surface area contributed by atoms with Crippen LogP contribution in [0, 0.1) is 5.92 Å². The number of amides is 1. The van der Waals surface area contributed by atoms with Crippen LogP contribution in [-0.4, -0.2) is 5.91 Å². The summed E-state index contributed by atoms with van der Waals surface area (Å²) in [6.45, 7) is 9.71. The van der Waals surface area contributed by atoms with Crippen LogP contribution in [0.5, 0.6) is 0 Å². The standard InChI is InChI=1S/C15H18N2O/c1-9(2)15(18)17-12-5-6-13-10(3)7-11(4)16-14(13)8-12/h5-9,16H,4H2,1-3H3,(H,17,18). The average molecular weight is 242 g/mol. The normalized spacial score (nSPS) is 13.8. The molecule has 0 aromatic heterocycles. The highest BCUT2D eigenvalue weighted by Crippen LogP contribution is 2.32. The minimum atomic E-state index is -0.0226. The molecule has 0 unspecified atom stereocenters. The van der Waals surface area contributed by atoms with Crippen molar-refractivity contribution in [1.82, 2.24) is 0 Å². The molecule has 1 amide bonds. The van der Waals surface area contributed by atoms with Gasteiger partial charge in [-0.1, -0.05) is 26.5 Å². The quantitative estimate of drug-likeness (QED) is 0.831. The van der Waals surface area contributed by atoms with Crippen LogP contribution in [0.25, 0.3) is 5.57 Å². The Morgan fingerprint density at radius 2 is 2.11 bits per heavy atom. The van der Waals surface area contributed by atoms with E-state index in [0.29, 0.717) is 0 Å². The second-order valence-electron chi connectivity index (χ2n) is 4.88. The first-order valence-electron chi connectivity index (χ1n) is 6.07. The molecule has 18 heavy (non-hydrogen) atoms. The molecule has 1 aliphatic rings. The fourth-order valence-corrected chi connectivity index (χ4v) is 1.90. The van der Waals surface area contributed by atoms with E-state index < -0.39 is 0 Å². The average Bonchev–Trinajstić information content (AvgIpc) is 2.27. The lowest BCUT2D eigenvalue weighted by molar-refractivity contribution is -0.118. The van der Waals surface area contributed by atoms with Crippen LogP contribution < -0.4 is 10.6 Å². The first-order valence-corrected chi connectivity index (χ1v) is 6.07. The molecule has 94 valence electrons. The first-order chi connectivity index (χ1) is 8.47. The van der Waals surface area contributed by atoms with Gasteiger partial charge in [0.1, 0.15) is 0 Å². The van der Waals surface area contributed by atoms with E-state index in [1.165, 1.54) is 5.57 Å². The van der Waals surface area contributed by atoms with Gasteiger partial charge in [-0.3, -0.25) is 4.79 Å². The molecule has 0 bridgehead atoms. The van der Waals surface area contributed by atoms with E-state index in [4.69, 9.17) is 0 Å². The van der Waals surface area contributed by atoms with Crippen LogP contribution in [-0.2, 0) is 4.79 Å². The van der Waals surface area contributed by atoms with E-state index >= 15 is 0 Å². The SMILES string of the molecule is C=C1C=C(C)c2ccc(NC(=O)C(C)C)cc2N1. The molecule has 3 nitrogen and oxygen atoms in total. The van der Waals surface area contributed by atoms with Gasteiger partial charge in [-0.15, -0.1) is 0 Å². The monoisotopic (exact) mass is 242 g/mol. The van der Waals surface area contributed by atoms with Gasteiger partial charge in [0.15, 0.2) is 0 Å². The van der Waals surface area contributed by atoms with Crippen LogP contribution in [0.15, 0.2) is 36.6 Å². The van der Waals surface area contributed by atoms with Gasteiger partial charge in [0.25, 0.3) is 0 Å². The fourth-order valence-electron chi connectivity index (χ4n) is 1.90. The molecule has 0 saturated carbocycles. The second kappa shape index (κ2) is 4.69. The van der Waals surface area contributed by atoms with Crippen LogP contribution in [0.4, 0.5) is 11.4 Å². The van der Waals surface area contributed by atoms with Crippen molar-refractivity contribution in [3.63, 3.8) is 0 Å². The number of nitrogens with one attached hydrogen (secondary N) is 2. The molecular weight excluding hydrogens is 224 g/mol. The molecule has 0 saturated heterocycles. The van der Waals surface area contributed by atoms with E-state index in [1.807, 2.05) is 38.1 Å². The van der Waals surface area contributed by atoms with Crippen molar-refractivity contribution >= 4 is 22.9 Å². The third-order valence-electron chi connectivity index (χ3n) is 2.92. The van der Waals surface area contributed by atoms with Gasteiger partial charge < -0.3 is 10.6 Å². The molecule has 1 heterocycles. The largest absolute Gasteiger partial charge is 0.355 e. The second-order valence-corrected chi connectivity index (χ2v) is 4.88. The molecule has 2 N–H and O–H groups in total. The van der Waals surface area contributed by atoms with Crippen LogP contribution in [0.3, 0.4) is 0 Å². The van der Waals surface area contributed by atoms with Crippen LogP contribution >= 0.6 is 0 Å². The lowest BCUT2D eigenvalue weighted by atomic mass is 10.00. The first kappa shape index (κ1) is 12.4. The van der Waals surface area contributed by atoms with Crippen molar-refractivity contribution in [2.75, 3.05) is 10.6 Å². The van der Waals surface area contributed by atoms with Crippen molar-refractivity contribution in [2.24, 2.45) is 5.92 Å². The molecule has 0 radical (unpaired) electrons. The van der Waals surface area contributed by atoms with Crippen LogP contribution in [0.2, 0.25) is 0 Å². The Hall–Kier alpha value is -2.03. The zero-order chi connectivity index (χ0) is 13.3. The number of rotatable bonds is 2. The van der Waals surface area contributed by atoms with E-state index in [-0.39, 0.29) is 11.8 Å². The zero-order valence-electron chi connectivity index (χ0n) is 11.0. The molecule has 0 aliphatic carbocycles. The van der Waals surface area contributed by atoms with Crippen molar-refractivity contribution in [2.45, 2.75) is 20.8 Å². The van der Waals surface area contributed by atoms with E-state index in [0.717, 1.165) is 22.6 Å². The predicted octanol–water partition coefficient (Wildman–Crippen LogP) is 3.62. The van der Waals surface area contributed by atoms with Crippen molar-refractivity contribution in [3.05, 3.63) is 42.1 Å². The summed E-state index contributed by atoms with van der Waals surface area (Å²) >= 11 is 0. The Morgan fingerprint density at radius 1 is 1.39 bits per heavy atom. The maximum atomic E-state index is 11.6. The molecule has 0 spiro atoms. The Labute approximate surface area is 108 Å². The number of hydrogen-bond acceptors (Lipinski definition) is 2. The maximum Gasteiger partial charge on any atom is 0.226 e. The minimum Gasteiger partial charge on any atom is -0.355 e. The summed E-state index contributed by atoms with van der Waals surface area (Å²) < 4.78 is 0. The lowest BCUT2D eigenvalue weighted by Gasteiger charge is -2.20. The summed E-state index contributed by atoms with van der Waals surface area (Å²) in [5.74, 6) is 0.00226. The Balaban J connectivity index is 2.28. The zero-order valence-corrected chi connectivity index (χ0v) is 11.0. The van der Waals surface area contributed by atoms with E-state index in [9.17, 15) is 4.79 Å². The van der Waals surface area contributed by atoms with Gasteiger partial charge in [0.2, 0.25) is 5.91 Å². The number of benzene rings is 1. The molecular formula is C15H18N2O. The predicted molar refractivity (Wildman–Crippen MR) is 76.3 cm³/mol. The third-order valence-corrected chi connectivity index (χ3v) is 2.92. The number of fused-ring (bicyclic) bond motifs is 1. The minimum absolute atomic E-state index is 0.0226. The molecule has 2 rings (SSSR count). The Morgan fingerprint density at radius 3 is 2.78 bits per heavy atom. The summed E-state index contributed by atoms with van der Waals surface area (Å²) in [6.07, 6.45) is 2.01. The summed E-state index contributed by atoms with van der Waals surface area (Å²) in [5.41, 5.74) is 4.98. The number of allylic oxidation sites excluding steroid dienone is 2. The molecule has 1 aliphatic heterocycles. The number of carbonyl (C=O) groups excluding carboxylic acids is 1. The van der Waals surface area contributed by atoms with Crippen LogP contribution in [0.1, 0.15) is 26.3 Å². The highest BCUT2D eigenvalue weighted by Gasteiger charge is 2.13. The van der Waals surface area contributed by atoms with Gasteiger partial charge in [-0.05, 0) is 30.7 Å². The van der Waals surface area contributed by atoms with Gasteiger partial charge in [-0.2, -0.15) is 0 Å². The molecule has 3 heteroatoms. The third kappa shape index (κ3) is 2.45. The summed E-state index contributed by atoms with van der Waals surface area (Å²) in [5, 5.41) is 6.10. The Kier molecular flexibility index (Phi) is 3.24. The highest BCUT2D eigenvalue weighted by atomic mass is 16.1. The highest BCUT2D eigenvalue weighted by molar-refractivity contribution is 5.94. The lowest BCUT2D eigenvalue weighted by Crippen LogP contribution is -2.18. The number of carbonyl (C=O) groups is 1. The fraction of sp³-hybridized carbons (Fsp3) is 0.267. The van der Waals surface area contributed by atoms with E-state index in [2.05, 4.69) is 24.1 Å². The topological polar surface area (TPSA) is 41.1 Å². The van der Waals surface area contributed by atoms with Gasteiger partial charge in [-0.25, -0.2) is 0 Å². The van der Waals surface area contributed by atoms with Gasteiger partial charge in [0.05, 0.1) is 0 Å². The van der Waals surface area contributed by atoms with Gasteiger partial charge >= 0.3 is 0 Å².